The molecule has 3 rings (SSSR count). The number of allylic oxidation sites excluding steroid dienone is 4. The smallest absolute Gasteiger partial charge is 0.124 e. The van der Waals surface area contributed by atoms with Crippen molar-refractivity contribution in [3.8, 4) is 5.75 Å². The molecule has 1 aliphatic carbocycles. The van der Waals surface area contributed by atoms with Crippen molar-refractivity contribution in [3.05, 3.63) is 89.0 Å². The van der Waals surface area contributed by atoms with Gasteiger partial charge in [0.05, 0.1) is 19.8 Å². The molecule has 0 radical (unpaired) electrons. The summed E-state index contributed by atoms with van der Waals surface area (Å²) in [6, 6.07) is 16.0. The maximum atomic E-state index is 11.0. The summed E-state index contributed by atoms with van der Waals surface area (Å²) in [5.74, 6) is 0.642. The van der Waals surface area contributed by atoms with E-state index in [-0.39, 0.29) is 6.61 Å². The van der Waals surface area contributed by atoms with Crippen molar-refractivity contribution in [2.45, 2.75) is 77.0 Å². The van der Waals surface area contributed by atoms with Crippen LogP contribution in [0.3, 0.4) is 0 Å². The van der Waals surface area contributed by atoms with Crippen LogP contribution in [-0.2, 0) is 17.9 Å². The highest BCUT2D eigenvalue weighted by molar-refractivity contribution is 5.37. The molecule has 0 fully saturated rings. The van der Waals surface area contributed by atoms with Crippen molar-refractivity contribution in [1.82, 2.24) is 4.90 Å². The predicted octanol–water partition coefficient (Wildman–Crippen LogP) is 6.75. The van der Waals surface area contributed by atoms with Crippen molar-refractivity contribution in [2.75, 3.05) is 33.4 Å². The molecule has 0 bridgehead atoms. The Morgan fingerprint density at radius 2 is 1.71 bits per heavy atom. The van der Waals surface area contributed by atoms with Crippen LogP contribution in [0.4, 0.5) is 0 Å². The van der Waals surface area contributed by atoms with E-state index >= 15 is 0 Å². The third kappa shape index (κ3) is 11.1. The SMILES string of the molecule is COc1ccc(C(O)CN(CCCCCCOCCCCC2=CCCC=C2)Cc2ccccc2)cc1CO. The van der Waals surface area contributed by atoms with Gasteiger partial charge < -0.3 is 19.7 Å². The van der Waals surface area contributed by atoms with Gasteiger partial charge in [0, 0.05) is 31.9 Å². The Balaban J connectivity index is 1.35. The van der Waals surface area contributed by atoms with Crippen molar-refractivity contribution >= 4 is 0 Å². The van der Waals surface area contributed by atoms with E-state index in [1.165, 1.54) is 36.8 Å². The van der Waals surface area contributed by atoms with Crippen molar-refractivity contribution in [3.63, 3.8) is 0 Å². The summed E-state index contributed by atoms with van der Waals surface area (Å²) in [5, 5.41) is 20.7. The van der Waals surface area contributed by atoms with Crippen LogP contribution in [0.5, 0.6) is 5.75 Å². The summed E-state index contributed by atoms with van der Waals surface area (Å²) < 4.78 is 11.2. The third-order valence-electron chi connectivity index (χ3n) is 7.13. The molecular weight excluding hydrogens is 474 g/mol. The molecule has 5 heteroatoms. The van der Waals surface area contributed by atoms with E-state index in [2.05, 4.69) is 47.4 Å². The van der Waals surface area contributed by atoms with Gasteiger partial charge in [0.2, 0.25) is 0 Å². The van der Waals surface area contributed by atoms with Crippen LogP contribution >= 0.6 is 0 Å². The Labute approximate surface area is 229 Å². The van der Waals surface area contributed by atoms with Crippen LogP contribution in [0.25, 0.3) is 0 Å². The highest BCUT2D eigenvalue weighted by Gasteiger charge is 2.16. The molecule has 208 valence electrons. The Bertz CT molecular complexity index is 972. The van der Waals surface area contributed by atoms with Gasteiger partial charge in [-0.1, -0.05) is 73.0 Å². The van der Waals surface area contributed by atoms with Gasteiger partial charge in [-0.3, -0.25) is 4.90 Å². The van der Waals surface area contributed by atoms with Gasteiger partial charge >= 0.3 is 0 Å². The number of nitrogens with zero attached hydrogens (tertiary/aromatic N) is 1. The Kier molecular flexibility index (Phi) is 14.2. The van der Waals surface area contributed by atoms with E-state index in [4.69, 9.17) is 9.47 Å². The zero-order valence-corrected chi connectivity index (χ0v) is 23.2. The number of aliphatic hydroxyl groups excluding tert-OH is 2. The molecular formula is C33H47NO4. The standard InChI is InChI=1S/C33H47NO4/c1-37-33-20-19-30(24-31(33)27-35)32(36)26-34(25-29-17-8-5-9-18-29)21-11-2-3-12-22-38-23-13-10-16-28-14-6-4-7-15-28/h5-6,8-9,14-15,17-20,24,32,35-36H,2-4,7,10-13,16,21-23,25-27H2,1H3. The van der Waals surface area contributed by atoms with Crippen molar-refractivity contribution in [1.29, 1.82) is 0 Å². The van der Waals surface area contributed by atoms with Gasteiger partial charge in [-0.2, -0.15) is 0 Å². The fourth-order valence-electron chi connectivity index (χ4n) is 4.94. The first kappa shape index (κ1) is 30.1. The summed E-state index contributed by atoms with van der Waals surface area (Å²) in [6.07, 6.45) is 16.7. The first-order valence-corrected chi connectivity index (χ1v) is 14.3. The van der Waals surface area contributed by atoms with Gasteiger partial charge in [0.15, 0.2) is 0 Å². The summed E-state index contributed by atoms with van der Waals surface area (Å²) >= 11 is 0. The first-order chi connectivity index (χ1) is 18.7. The van der Waals surface area contributed by atoms with Gasteiger partial charge in [-0.05, 0) is 74.8 Å². The molecule has 0 aliphatic heterocycles. The average Bonchev–Trinajstić information content (AvgIpc) is 2.96. The number of benzene rings is 2. The molecule has 0 heterocycles. The largest absolute Gasteiger partial charge is 0.496 e. The Morgan fingerprint density at radius 3 is 2.45 bits per heavy atom. The second-order valence-corrected chi connectivity index (χ2v) is 10.2. The minimum Gasteiger partial charge on any atom is -0.496 e. The lowest BCUT2D eigenvalue weighted by Crippen LogP contribution is -2.29. The number of hydrogen-bond acceptors (Lipinski definition) is 5. The summed E-state index contributed by atoms with van der Waals surface area (Å²) in [5.41, 5.74) is 4.23. The lowest BCUT2D eigenvalue weighted by atomic mass is 10.0. The van der Waals surface area contributed by atoms with E-state index in [0.29, 0.717) is 17.9 Å². The minimum absolute atomic E-state index is 0.114. The quantitative estimate of drug-likeness (QED) is 0.200. The van der Waals surface area contributed by atoms with Crippen LogP contribution < -0.4 is 4.74 Å². The monoisotopic (exact) mass is 521 g/mol. The highest BCUT2D eigenvalue weighted by atomic mass is 16.5. The molecule has 0 saturated carbocycles. The van der Waals surface area contributed by atoms with E-state index in [9.17, 15) is 10.2 Å². The number of methoxy groups -OCH3 is 1. The van der Waals surface area contributed by atoms with E-state index < -0.39 is 6.10 Å². The Hall–Kier alpha value is -2.44. The fourth-order valence-corrected chi connectivity index (χ4v) is 4.94. The summed E-state index contributed by atoms with van der Waals surface area (Å²) in [6.45, 7) is 3.87. The molecule has 1 aliphatic rings. The molecule has 5 nitrogen and oxygen atoms in total. The fraction of sp³-hybridized carbons (Fsp3) is 0.515. The lowest BCUT2D eigenvalue weighted by Gasteiger charge is -2.26. The second kappa shape index (κ2) is 18.0. The molecule has 0 saturated heterocycles. The molecule has 2 N–H and O–H groups in total. The predicted molar refractivity (Wildman–Crippen MR) is 155 cm³/mol. The van der Waals surface area contributed by atoms with Crippen molar-refractivity contribution in [2.24, 2.45) is 0 Å². The van der Waals surface area contributed by atoms with Crippen molar-refractivity contribution < 1.29 is 19.7 Å². The minimum atomic E-state index is -0.631. The lowest BCUT2D eigenvalue weighted by molar-refractivity contribution is 0.106. The number of unbranched alkanes of at least 4 members (excludes halogenated alkanes) is 4. The van der Waals surface area contributed by atoms with Gasteiger partial charge in [-0.25, -0.2) is 0 Å². The maximum Gasteiger partial charge on any atom is 0.124 e. The number of rotatable bonds is 19. The van der Waals surface area contributed by atoms with Crippen LogP contribution in [0.1, 0.15) is 80.6 Å². The van der Waals surface area contributed by atoms with E-state index in [0.717, 1.165) is 64.0 Å². The maximum absolute atomic E-state index is 11.0. The van der Waals surface area contributed by atoms with Gasteiger partial charge in [-0.15, -0.1) is 0 Å². The van der Waals surface area contributed by atoms with Gasteiger partial charge in [0.25, 0.3) is 0 Å². The third-order valence-corrected chi connectivity index (χ3v) is 7.13. The Morgan fingerprint density at radius 1 is 0.921 bits per heavy atom. The van der Waals surface area contributed by atoms with Crippen LogP contribution in [0, 0.1) is 0 Å². The van der Waals surface area contributed by atoms with Gasteiger partial charge in [0.1, 0.15) is 5.75 Å². The van der Waals surface area contributed by atoms with Crippen LogP contribution in [0.2, 0.25) is 0 Å². The molecule has 1 unspecified atom stereocenters. The molecule has 0 amide bonds. The van der Waals surface area contributed by atoms with E-state index in [1.54, 1.807) is 7.11 Å². The van der Waals surface area contributed by atoms with Crippen LogP contribution in [0.15, 0.2) is 72.3 Å². The molecule has 1 atom stereocenters. The van der Waals surface area contributed by atoms with E-state index in [1.807, 2.05) is 24.3 Å². The molecule has 2 aromatic rings. The first-order valence-electron chi connectivity index (χ1n) is 14.3. The second-order valence-electron chi connectivity index (χ2n) is 10.2. The zero-order chi connectivity index (χ0) is 26.8. The molecule has 38 heavy (non-hydrogen) atoms. The summed E-state index contributed by atoms with van der Waals surface area (Å²) in [4.78, 5) is 2.33. The van der Waals surface area contributed by atoms with Crippen LogP contribution in [-0.4, -0.2) is 48.5 Å². The number of ether oxygens (including phenoxy) is 2. The molecule has 0 spiro atoms. The summed E-state index contributed by atoms with van der Waals surface area (Å²) in [7, 11) is 1.59. The topological polar surface area (TPSA) is 62.2 Å². The normalized spacial score (nSPS) is 14.1. The number of hydrogen-bond donors (Lipinski definition) is 2. The molecule has 0 aromatic heterocycles. The molecule has 2 aromatic carbocycles. The highest BCUT2D eigenvalue weighted by Crippen LogP contribution is 2.25. The zero-order valence-electron chi connectivity index (χ0n) is 23.2. The number of aliphatic hydroxyl groups is 2. The average molecular weight is 522 g/mol.